The lowest BCUT2D eigenvalue weighted by molar-refractivity contribution is 0.0484. The molecule has 1 N–H and O–H groups in total. The molecule has 0 aromatic carbocycles. The Morgan fingerprint density at radius 2 is 1.72 bits per heavy atom. The van der Waals surface area contributed by atoms with Crippen molar-refractivity contribution in [2.24, 2.45) is 46.3 Å². The number of allylic oxidation sites excluding steroid dienone is 3. The van der Waals surface area contributed by atoms with E-state index in [1.165, 1.54) is 51.4 Å². The smallest absolute Gasteiger partial charge is 0.0614 e. The third kappa shape index (κ3) is 3.48. The first-order valence-electron chi connectivity index (χ1n) is 12.8. The Morgan fingerprint density at radius 3 is 2.45 bits per heavy atom. The average molecular weight is 399 g/mol. The van der Waals surface area contributed by atoms with E-state index in [-0.39, 0.29) is 11.5 Å². The minimum absolute atomic E-state index is 0.127. The highest BCUT2D eigenvalue weighted by Gasteiger charge is 2.58. The van der Waals surface area contributed by atoms with Crippen molar-refractivity contribution < 1.29 is 5.11 Å². The molecule has 8 atom stereocenters. The lowest BCUT2D eigenvalue weighted by Gasteiger charge is -2.54. The monoisotopic (exact) mass is 398 g/mol. The van der Waals surface area contributed by atoms with Crippen LogP contribution in [-0.4, -0.2) is 11.2 Å². The topological polar surface area (TPSA) is 20.2 Å². The van der Waals surface area contributed by atoms with Gasteiger partial charge in [-0.3, -0.25) is 0 Å². The highest BCUT2D eigenvalue weighted by molar-refractivity contribution is 5.35. The van der Waals surface area contributed by atoms with Crippen molar-refractivity contribution in [2.45, 2.75) is 105 Å². The largest absolute Gasteiger partial charge is 0.392 e. The molecule has 4 rings (SSSR count). The van der Waals surface area contributed by atoms with Crippen molar-refractivity contribution >= 4 is 0 Å². The molecule has 0 spiro atoms. The van der Waals surface area contributed by atoms with E-state index in [2.05, 4.69) is 53.7 Å². The maximum atomic E-state index is 11.3. The average Bonchev–Trinajstić information content (AvgIpc) is 2.96. The van der Waals surface area contributed by atoms with Gasteiger partial charge in [-0.25, -0.2) is 0 Å². The molecule has 4 aliphatic carbocycles. The standard InChI is InChI=1S/C28H46O/c1-18(2)19(3)10-11-20(4)24-17-25(29)26-22-13-12-21-9-7-8-15-27(21,5)23(22)14-16-28(24,26)6/h10-11,18-21,24-26,29H,7-9,12-17H2,1-6H3/t19-,20+,21?,24+,25-,26-,27-,28+/m0/s1. The van der Waals surface area contributed by atoms with Crippen LogP contribution in [0.25, 0.3) is 0 Å². The highest BCUT2D eigenvalue weighted by Crippen LogP contribution is 2.65. The van der Waals surface area contributed by atoms with Crippen LogP contribution in [0.3, 0.4) is 0 Å². The number of aliphatic hydroxyl groups excluding tert-OH is 1. The van der Waals surface area contributed by atoms with Crippen LogP contribution in [-0.2, 0) is 0 Å². The molecular weight excluding hydrogens is 352 g/mol. The molecule has 0 radical (unpaired) electrons. The van der Waals surface area contributed by atoms with Gasteiger partial charge in [-0.1, -0.05) is 77.7 Å². The second kappa shape index (κ2) is 7.85. The quantitative estimate of drug-likeness (QED) is 0.484. The van der Waals surface area contributed by atoms with E-state index < -0.39 is 0 Å². The van der Waals surface area contributed by atoms with Gasteiger partial charge >= 0.3 is 0 Å². The third-order valence-corrected chi connectivity index (χ3v) is 10.4. The molecule has 0 bridgehead atoms. The first-order valence-corrected chi connectivity index (χ1v) is 12.8. The second-order valence-corrected chi connectivity index (χ2v) is 12.1. The molecule has 1 nitrogen and oxygen atoms in total. The molecule has 2 saturated carbocycles. The second-order valence-electron chi connectivity index (χ2n) is 12.1. The summed E-state index contributed by atoms with van der Waals surface area (Å²) in [5, 5.41) is 11.3. The fourth-order valence-electron chi connectivity index (χ4n) is 8.13. The van der Waals surface area contributed by atoms with Crippen LogP contribution >= 0.6 is 0 Å². The van der Waals surface area contributed by atoms with Gasteiger partial charge in [0, 0.05) is 5.92 Å². The van der Waals surface area contributed by atoms with E-state index in [0.717, 1.165) is 12.3 Å². The molecule has 0 aromatic heterocycles. The van der Waals surface area contributed by atoms with Crippen molar-refractivity contribution in [1.82, 2.24) is 0 Å². The summed E-state index contributed by atoms with van der Waals surface area (Å²) in [5.74, 6) is 3.84. The molecule has 1 heteroatoms. The van der Waals surface area contributed by atoms with Crippen molar-refractivity contribution in [3.05, 3.63) is 23.3 Å². The predicted octanol–water partition coefficient (Wildman–Crippen LogP) is 7.55. The van der Waals surface area contributed by atoms with E-state index in [1.54, 1.807) is 5.57 Å². The van der Waals surface area contributed by atoms with Gasteiger partial charge in [-0.05, 0) is 85.4 Å². The Balaban J connectivity index is 1.62. The summed E-state index contributed by atoms with van der Waals surface area (Å²) in [7, 11) is 0. The fraction of sp³-hybridized carbons (Fsp3) is 0.857. The Hall–Kier alpha value is -0.560. The minimum Gasteiger partial charge on any atom is -0.392 e. The fourth-order valence-corrected chi connectivity index (χ4v) is 8.13. The Kier molecular flexibility index (Phi) is 5.86. The van der Waals surface area contributed by atoms with Crippen LogP contribution < -0.4 is 0 Å². The lowest BCUT2D eigenvalue weighted by atomic mass is 9.50. The van der Waals surface area contributed by atoms with Crippen molar-refractivity contribution in [1.29, 1.82) is 0 Å². The number of rotatable bonds is 4. The van der Waals surface area contributed by atoms with Crippen LogP contribution in [0.5, 0.6) is 0 Å². The summed E-state index contributed by atoms with van der Waals surface area (Å²) in [5.41, 5.74) is 4.26. The van der Waals surface area contributed by atoms with E-state index >= 15 is 0 Å². The normalized spacial score (nSPS) is 44.6. The lowest BCUT2D eigenvalue weighted by Crippen LogP contribution is -2.45. The first kappa shape index (κ1) is 21.7. The molecule has 0 heterocycles. The van der Waals surface area contributed by atoms with E-state index in [0.29, 0.717) is 35.0 Å². The zero-order chi connectivity index (χ0) is 21.0. The van der Waals surface area contributed by atoms with Gasteiger partial charge in [0.25, 0.3) is 0 Å². The predicted molar refractivity (Wildman–Crippen MR) is 124 cm³/mol. The summed E-state index contributed by atoms with van der Waals surface area (Å²) in [4.78, 5) is 0. The van der Waals surface area contributed by atoms with E-state index in [9.17, 15) is 5.11 Å². The van der Waals surface area contributed by atoms with Crippen molar-refractivity contribution in [3.8, 4) is 0 Å². The Labute approximate surface area is 180 Å². The molecule has 4 aliphatic rings. The molecule has 0 amide bonds. The zero-order valence-corrected chi connectivity index (χ0v) is 20.0. The van der Waals surface area contributed by atoms with Crippen LogP contribution in [0.1, 0.15) is 99.3 Å². The maximum Gasteiger partial charge on any atom is 0.0614 e. The Morgan fingerprint density at radius 1 is 0.966 bits per heavy atom. The van der Waals surface area contributed by atoms with Crippen LogP contribution in [0, 0.1) is 46.3 Å². The van der Waals surface area contributed by atoms with Gasteiger partial charge in [0.15, 0.2) is 0 Å². The molecule has 0 saturated heterocycles. The highest BCUT2D eigenvalue weighted by atomic mass is 16.3. The molecule has 0 aliphatic heterocycles. The van der Waals surface area contributed by atoms with Crippen molar-refractivity contribution in [3.63, 3.8) is 0 Å². The maximum absolute atomic E-state index is 11.3. The van der Waals surface area contributed by atoms with Gasteiger partial charge < -0.3 is 5.11 Å². The molecule has 164 valence electrons. The SMILES string of the molecule is CC(C)[C@@H](C)C=C[C@@H](C)[C@H]1C[C@H](O)[C@@H]2C3=C(CC[C@]12C)[C@@]1(C)CCCCC1CC3. The minimum atomic E-state index is -0.127. The molecule has 29 heavy (non-hydrogen) atoms. The summed E-state index contributed by atoms with van der Waals surface area (Å²) < 4.78 is 0. The van der Waals surface area contributed by atoms with Crippen molar-refractivity contribution in [2.75, 3.05) is 0 Å². The van der Waals surface area contributed by atoms with E-state index in [4.69, 9.17) is 0 Å². The Bertz CT molecular complexity index is 672. The number of hydrogen-bond acceptors (Lipinski definition) is 1. The molecule has 2 fully saturated rings. The first-order chi connectivity index (χ1) is 13.7. The molecule has 0 aromatic rings. The number of aliphatic hydroxyl groups is 1. The van der Waals surface area contributed by atoms with Crippen LogP contribution in [0.15, 0.2) is 23.3 Å². The van der Waals surface area contributed by atoms with Gasteiger partial charge in [0.05, 0.1) is 6.10 Å². The molecular formula is C28H46O. The summed E-state index contributed by atoms with van der Waals surface area (Å²) in [6.45, 7) is 14.5. The van der Waals surface area contributed by atoms with Crippen LogP contribution in [0.2, 0.25) is 0 Å². The summed E-state index contributed by atoms with van der Waals surface area (Å²) in [6.07, 6.45) is 16.7. The van der Waals surface area contributed by atoms with Gasteiger partial charge in [0.1, 0.15) is 0 Å². The number of hydrogen-bond donors (Lipinski definition) is 1. The zero-order valence-electron chi connectivity index (χ0n) is 20.0. The third-order valence-electron chi connectivity index (χ3n) is 10.4. The summed E-state index contributed by atoms with van der Waals surface area (Å²) in [6, 6.07) is 0. The van der Waals surface area contributed by atoms with Gasteiger partial charge in [-0.15, -0.1) is 0 Å². The van der Waals surface area contributed by atoms with Gasteiger partial charge in [0.2, 0.25) is 0 Å². The van der Waals surface area contributed by atoms with Gasteiger partial charge in [-0.2, -0.15) is 0 Å². The molecule has 1 unspecified atom stereocenters. The number of fused-ring (bicyclic) bond motifs is 4. The summed E-state index contributed by atoms with van der Waals surface area (Å²) >= 11 is 0. The van der Waals surface area contributed by atoms with Crippen LogP contribution in [0.4, 0.5) is 0 Å². The van der Waals surface area contributed by atoms with E-state index in [1.807, 2.05) is 5.57 Å².